The van der Waals surface area contributed by atoms with Crippen molar-refractivity contribution in [3.05, 3.63) is 23.0 Å². The van der Waals surface area contributed by atoms with E-state index in [0.717, 1.165) is 29.7 Å². The Morgan fingerprint density at radius 2 is 1.63 bits per heavy atom. The number of nitrogens with zero attached hydrogens (tertiary/aromatic N) is 1. The van der Waals surface area contributed by atoms with E-state index >= 15 is 0 Å². The van der Waals surface area contributed by atoms with E-state index in [9.17, 15) is 0 Å². The first-order valence-electron chi connectivity index (χ1n) is 8.04. The summed E-state index contributed by atoms with van der Waals surface area (Å²) >= 11 is 0. The van der Waals surface area contributed by atoms with Gasteiger partial charge in [-0.1, -0.05) is 0 Å². The summed E-state index contributed by atoms with van der Waals surface area (Å²) in [6, 6.07) is 3.11. The van der Waals surface area contributed by atoms with Crippen LogP contribution in [0.2, 0.25) is 0 Å². The van der Waals surface area contributed by atoms with Gasteiger partial charge in [-0.05, 0) is 81.3 Å². The van der Waals surface area contributed by atoms with Gasteiger partial charge in [0.2, 0.25) is 0 Å². The maximum absolute atomic E-state index is 5.89. The van der Waals surface area contributed by atoms with E-state index in [1.807, 2.05) is 0 Å². The zero-order chi connectivity index (χ0) is 13.1. The molecule has 2 nitrogen and oxygen atoms in total. The van der Waals surface area contributed by atoms with Crippen LogP contribution in [-0.4, -0.2) is 4.57 Å². The molecule has 4 fully saturated rings. The van der Waals surface area contributed by atoms with Crippen molar-refractivity contribution in [1.82, 2.24) is 4.57 Å². The molecule has 1 aromatic rings. The second-order valence-electron chi connectivity index (χ2n) is 7.39. The summed E-state index contributed by atoms with van der Waals surface area (Å²) < 4.78 is 2.66. The van der Waals surface area contributed by atoms with Crippen molar-refractivity contribution in [1.29, 1.82) is 0 Å². The second-order valence-corrected chi connectivity index (χ2v) is 7.39. The van der Waals surface area contributed by atoms with Crippen molar-refractivity contribution >= 4 is 0 Å². The van der Waals surface area contributed by atoms with Crippen LogP contribution in [0.25, 0.3) is 0 Å². The zero-order valence-corrected chi connectivity index (χ0v) is 12.2. The fourth-order valence-electron chi connectivity index (χ4n) is 5.83. The molecule has 4 aliphatic carbocycles. The lowest BCUT2D eigenvalue weighted by molar-refractivity contribution is -0.0303. The Balaban J connectivity index is 1.75. The van der Waals surface area contributed by atoms with E-state index in [1.54, 1.807) is 0 Å². The molecule has 0 saturated heterocycles. The van der Waals surface area contributed by atoms with E-state index in [0.29, 0.717) is 6.54 Å². The predicted octanol–water partition coefficient (Wildman–Crippen LogP) is 3.56. The van der Waals surface area contributed by atoms with Crippen LogP contribution in [0.4, 0.5) is 0 Å². The van der Waals surface area contributed by atoms with Crippen LogP contribution in [-0.2, 0) is 6.54 Å². The average Bonchev–Trinajstić information content (AvgIpc) is 2.65. The van der Waals surface area contributed by atoms with E-state index < -0.39 is 0 Å². The second kappa shape index (κ2) is 4.12. The Bertz CT molecular complexity index is 472. The molecular formula is C17H26N2. The van der Waals surface area contributed by atoms with Crippen LogP contribution in [0.15, 0.2) is 6.07 Å². The SMILES string of the molecule is Cc1cc(CN)c(C)n1C1C2CC3CC(C2)CC1C3. The van der Waals surface area contributed by atoms with Gasteiger partial charge in [-0.25, -0.2) is 0 Å². The fourth-order valence-corrected chi connectivity index (χ4v) is 5.83. The summed E-state index contributed by atoms with van der Waals surface area (Å²) in [7, 11) is 0. The molecule has 0 aromatic carbocycles. The quantitative estimate of drug-likeness (QED) is 0.864. The molecule has 4 saturated carbocycles. The highest BCUT2D eigenvalue weighted by Crippen LogP contribution is 2.58. The van der Waals surface area contributed by atoms with Gasteiger partial charge in [-0.2, -0.15) is 0 Å². The van der Waals surface area contributed by atoms with Gasteiger partial charge in [-0.15, -0.1) is 0 Å². The predicted molar refractivity (Wildman–Crippen MR) is 77.9 cm³/mol. The minimum Gasteiger partial charge on any atom is -0.345 e. The number of rotatable bonds is 2. The molecule has 0 radical (unpaired) electrons. The number of aromatic nitrogens is 1. The molecule has 2 N–H and O–H groups in total. The van der Waals surface area contributed by atoms with Crippen LogP contribution in [0.3, 0.4) is 0 Å². The van der Waals surface area contributed by atoms with Gasteiger partial charge in [0.25, 0.3) is 0 Å². The fraction of sp³-hybridized carbons (Fsp3) is 0.765. The summed E-state index contributed by atoms with van der Waals surface area (Å²) in [6.45, 7) is 5.24. The topological polar surface area (TPSA) is 30.9 Å². The van der Waals surface area contributed by atoms with E-state index in [2.05, 4.69) is 24.5 Å². The first-order valence-corrected chi connectivity index (χ1v) is 8.04. The van der Waals surface area contributed by atoms with Gasteiger partial charge in [0.05, 0.1) is 0 Å². The molecule has 0 atom stereocenters. The molecule has 104 valence electrons. The molecule has 0 unspecified atom stereocenters. The summed E-state index contributed by atoms with van der Waals surface area (Å²) in [6.07, 6.45) is 7.51. The molecule has 1 heterocycles. The Hall–Kier alpha value is -0.760. The van der Waals surface area contributed by atoms with Crippen molar-refractivity contribution in [2.45, 2.75) is 58.5 Å². The highest BCUT2D eigenvalue weighted by molar-refractivity contribution is 5.28. The van der Waals surface area contributed by atoms with Gasteiger partial charge in [0.15, 0.2) is 0 Å². The zero-order valence-electron chi connectivity index (χ0n) is 12.2. The summed E-state index contributed by atoms with van der Waals surface area (Å²) in [5, 5.41) is 0. The van der Waals surface area contributed by atoms with Gasteiger partial charge >= 0.3 is 0 Å². The van der Waals surface area contributed by atoms with Gasteiger partial charge in [0.1, 0.15) is 0 Å². The molecule has 0 amide bonds. The monoisotopic (exact) mass is 258 g/mol. The molecule has 4 bridgehead atoms. The summed E-state index contributed by atoms with van der Waals surface area (Å²) in [4.78, 5) is 0. The van der Waals surface area contributed by atoms with Crippen molar-refractivity contribution < 1.29 is 0 Å². The molecule has 19 heavy (non-hydrogen) atoms. The maximum Gasteiger partial charge on any atom is 0.0392 e. The third kappa shape index (κ3) is 1.65. The molecule has 4 aliphatic rings. The van der Waals surface area contributed by atoms with Crippen molar-refractivity contribution in [2.24, 2.45) is 29.4 Å². The molecule has 5 rings (SSSR count). The molecule has 0 spiro atoms. The summed E-state index contributed by atoms with van der Waals surface area (Å²) in [5.41, 5.74) is 10.1. The van der Waals surface area contributed by atoms with Crippen molar-refractivity contribution in [3.8, 4) is 0 Å². The smallest absolute Gasteiger partial charge is 0.0392 e. The Morgan fingerprint density at radius 1 is 1.05 bits per heavy atom. The van der Waals surface area contributed by atoms with Gasteiger partial charge < -0.3 is 10.3 Å². The van der Waals surface area contributed by atoms with E-state index in [4.69, 9.17) is 5.73 Å². The Kier molecular flexibility index (Phi) is 2.60. The van der Waals surface area contributed by atoms with Crippen molar-refractivity contribution in [3.63, 3.8) is 0 Å². The number of nitrogens with two attached hydrogens (primary N) is 1. The van der Waals surface area contributed by atoms with Crippen LogP contribution >= 0.6 is 0 Å². The van der Waals surface area contributed by atoms with Gasteiger partial charge in [-0.3, -0.25) is 0 Å². The highest BCUT2D eigenvalue weighted by atomic mass is 15.1. The first-order chi connectivity index (χ1) is 9.17. The van der Waals surface area contributed by atoms with E-state index in [1.165, 1.54) is 49.1 Å². The number of aryl methyl sites for hydroxylation is 1. The summed E-state index contributed by atoms with van der Waals surface area (Å²) in [5.74, 6) is 4.02. The molecule has 0 aliphatic heterocycles. The van der Waals surface area contributed by atoms with E-state index in [-0.39, 0.29) is 0 Å². The standard InChI is InChI=1S/C17H26N2/c1-10-3-16(9-18)11(2)19(10)17-14-5-12-4-13(7-14)8-15(17)6-12/h3,12-15,17H,4-9,18H2,1-2H3. The third-order valence-electron chi connectivity index (χ3n) is 6.28. The van der Waals surface area contributed by atoms with Crippen LogP contribution < -0.4 is 5.73 Å². The molecule has 1 aromatic heterocycles. The Morgan fingerprint density at radius 3 is 2.11 bits per heavy atom. The number of hydrogen-bond acceptors (Lipinski definition) is 1. The van der Waals surface area contributed by atoms with Crippen LogP contribution in [0.5, 0.6) is 0 Å². The third-order valence-corrected chi connectivity index (χ3v) is 6.28. The van der Waals surface area contributed by atoms with Crippen molar-refractivity contribution in [2.75, 3.05) is 0 Å². The lowest BCUT2D eigenvalue weighted by atomic mass is 9.54. The number of hydrogen-bond donors (Lipinski definition) is 1. The largest absolute Gasteiger partial charge is 0.345 e. The molecular weight excluding hydrogens is 232 g/mol. The van der Waals surface area contributed by atoms with Crippen LogP contribution in [0, 0.1) is 37.5 Å². The lowest BCUT2D eigenvalue weighted by Gasteiger charge is -2.55. The van der Waals surface area contributed by atoms with Gasteiger partial charge in [0, 0.05) is 24.0 Å². The van der Waals surface area contributed by atoms with Crippen LogP contribution in [0.1, 0.15) is 55.1 Å². The minimum atomic E-state index is 0.687. The first kappa shape index (κ1) is 12.0. The molecule has 2 heteroatoms. The lowest BCUT2D eigenvalue weighted by Crippen LogP contribution is -2.46. The minimum absolute atomic E-state index is 0.687. The average molecular weight is 258 g/mol. The Labute approximate surface area is 116 Å². The maximum atomic E-state index is 5.89. The highest BCUT2D eigenvalue weighted by Gasteiger charge is 2.49. The normalized spacial score (nSPS) is 40.1.